The summed E-state index contributed by atoms with van der Waals surface area (Å²) >= 11 is 0. The fourth-order valence-electron chi connectivity index (χ4n) is 3.23. The third kappa shape index (κ3) is 3.65. The van der Waals surface area contributed by atoms with Crippen LogP contribution in [0.5, 0.6) is 0 Å². The molecule has 0 saturated carbocycles. The Morgan fingerprint density at radius 1 is 0.962 bits per heavy atom. The van der Waals surface area contributed by atoms with E-state index in [0.29, 0.717) is 0 Å². The lowest BCUT2D eigenvalue weighted by molar-refractivity contribution is 0.629. The highest BCUT2D eigenvalue weighted by molar-refractivity contribution is 5.83. The van der Waals surface area contributed by atoms with Gasteiger partial charge in [0.05, 0.1) is 0 Å². The van der Waals surface area contributed by atoms with Crippen molar-refractivity contribution in [3.63, 3.8) is 0 Å². The summed E-state index contributed by atoms with van der Waals surface area (Å²) in [4.78, 5) is 7.21. The van der Waals surface area contributed by atoms with Gasteiger partial charge in [-0.25, -0.2) is 4.39 Å². The Hall–Kier alpha value is -2.98. The summed E-state index contributed by atoms with van der Waals surface area (Å²) < 4.78 is 13.3. The monoisotopic (exact) mass is 345 g/mol. The molecule has 0 aliphatic rings. The van der Waals surface area contributed by atoms with Crippen LogP contribution in [-0.4, -0.2) is 16.5 Å². The fourth-order valence-corrected chi connectivity index (χ4v) is 3.23. The van der Waals surface area contributed by atoms with Gasteiger partial charge in [-0.3, -0.25) is 4.98 Å². The third-order valence-corrected chi connectivity index (χ3v) is 4.57. The fraction of sp³-hybridized carbons (Fsp3) is 0.136. The molecule has 0 saturated heterocycles. The topological polar surface area (TPSA) is 40.7 Å². The molecule has 2 aromatic carbocycles. The number of hydrogen-bond donors (Lipinski definition) is 2. The molecule has 0 bridgehead atoms. The van der Waals surface area contributed by atoms with Gasteiger partial charge in [-0.2, -0.15) is 0 Å². The molecular weight excluding hydrogens is 325 g/mol. The van der Waals surface area contributed by atoms with Crippen molar-refractivity contribution in [3.05, 3.63) is 90.1 Å². The number of H-pyrrole nitrogens is 1. The minimum Gasteiger partial charge on any atom is -0.361 e. The van der Waals surface area contributed by atoms with Gasteiger partial charge in [0.15, 0.2) is 0 Å². The Morgan fingerprint density at radius 3 is 2.73 bits per heavy atom. The minimum absolute atomic E-state index is 0.210. The molecule has 2 N–H and O–H groups in total. The van der Waals surface area contributed by atoms with Gasteiger partial charge in [-0.15, -0.1) is 0 Å². The minimum atomic E-state index is -0.210. The Balaban J connectivity index is 1.36. The first kappa shape index (κ1) is 16.5. The zero-order chi connectivity index (χ0) is 17.8. The second-order valence-corrected chi connectivity index (χ2v) is 6.37. The van der Waals surface area contributed by atoms with Crippen LogP contribution < -0.4 is 5.32 Å². The van der Waals surface area contributed by atoms with Crippen molar-refractivity contribution < 1.29 is 4.39 Å². The number of nitrogens with zero attached hydrogens (tertiary/aromatic N) is 1. The number of hydrogen-bond acceptors (Lipinski definition) is 2. The number of fused-ring (bicyclic) bond motifs is 1. The van der Waals surface area contributed by atoms with E-state index in [1.807, 2.05) is 36.8 Å². The lowest BCUT2D eigenvalue weighted by atomic mass is 10.0. The molecule has 130 valence electrons. The summed E-state index contributed by atoms with van der Waals surface area (Å²) in [5.41, 5.74) is 5.68. The maximum absolute atomic E-state index is 13.3. The van der Waals surface area contributed by atoms with E-state index in [4.69, 9.17) is 0 Å². The first-order valence-corrected chi connectivity index (χ1v) is 8.75. The Labute approximate surface area is 151 Å². The van der Waals surface area contributed by atoms with E-state index in [0.717, 1.165) is 30.4 Å². The van der Waals surface area contributed by atoms with Crippen LogP contribution in [0.2, 0.25) is 0 Å². The van der Waals surface area contributed by atoms with E-state index in [9.17, 15) is 4.39 Å². The van der Waals surface area contributed by atoms with Crippen LogP contribution in [0.3, 0.4) is 0 Å². The van der Waals surface area contributed by atoms with Gasteiger partial charge in [-0.05, 0) is 71.6 Å². The average molecular weight is 345 g/mol. The predicted molar refractivity (Wildman–Crippen MR) is 103 cm³/mol. The molecule has 0 aliphatic heterocycles. The zero-order valence-electron chi connectivity index (χ0n) is 14.4. The number of pyridine rings is 1. The van der Waals surface area contributed by atoms with Crippen LogP contribution in [0.15, 0.2) is 73.2 Å². The number of halogens is 1. The lowest BCUT2D eigenvalue weighted by Crippen LogP contribution is -2.16. The van der Waals surface area contributed by atoms with Crippen molar-refractivity contribution in [2.45, 2.75) is 13.0 Å². The zero-order valence-corrected chi connectivity index (χ0v) is 14.4. The SMILES string of the molecule is Fc1ccc2c(CCNCc3cccc(-c4ccncc4)c3)c[nH]c2c1. The number of rotatable bonds is 6. The van der Waals surface area contributed by atoms with Crippen molar-refractivity contribution in [2.24, 2.45) is 0 Å². The van der Waals surface area contributed by atoms with Gasteiger partial charge in [0.1, 0.15) is 5.82 Å². The first-order valence-electron chi connectivity index (χ1n) is 8.75. The molecule has 26 heavy (non-hydrogen) atoms. The van der Waals surface area contributed by atoms with Crippen molar-refractivity contribution in [3.8, 4) is 11.1 Å². The molecule has 0 unspecified atom stereocenters. The van der Waals surface area contributed by atoms with Crippen molar-refractivity contribution >= 4 is 10.9 Å². The molecule has 0 aliphatic carbocycles. The van der Waals surface area contributed by atoms with E-state index in [1.54, 1.807) is 0 Å². The number of nitrogens with one attached hydrogen (secondary N) is 2. The van der Waals surface area contributed by atoms with Crippen LogP contribution in [0.1, 0.15) is 11.1 Å². The maximum atomic E-state index is 13.3. The van der Waals surface area contributed by atoms with Crippen LogP contribution in [0, 0.1) is 5.82 Å². The molecule has 4 aromatic rings. The number of benzene rings is 2. The van der Waals surface area contributed by atoms with Crippen LogP contribution >= 0.6 is 0 Å². The summed E-state index contributed by atoms with van der Waals surface area (Å²) in [6.07, 6.45) is 6.49. The van der Waals surface area contributed by atoms with E-state index in [2.05, 4.69) is 39.6 Å². The molecule has 4 rings (SSSR count). The summed E-state index contributed by atoms with van der Waals surface area (Å²) in [6, 6.07) is 17.5. The molecule has 4 heteroatoms. The van der Waals surface area contributed by atoms with Crippen molar-refractivity contribution in [2.75, 3.05) is 6.54 Å². The molecule has 2 heterocycles. The predicted octanol–water partition coefficient (Wildman–Crippen LogP) is 4.70. The van der Waals surface area contributed by atoms with Crippen LogP contribution in [0.4, 0.5) is 4.39 Å². The van der Waals surface area contributed by atoms with Crippen LogP contribution in [0.25, 0.3) is 22.0 Å². The standard InChI is InChI=1S/C22H20FN3/c23-20-4-5-21-19(15-26-22(21)13-20)8-11-25-14-16-2-1-3-18(12-16)17-6-9-24-10-7-17/h1-7,9-10,12-13,15,25-26H,8,11,14H2. The molecule has 2 aromatic heterocycles. The Morgan fingerprint density at radius 2 is 1.85 bits per heavy atom. The third-order valence-electron chi connectivity index (χ3n) is 4.57. The molecule has 0 spiro atoms. The molecule has 3 nitrogen and oxygen atoms in total. The second-order valence-electron chi connectivity index (χ2n) is 6.37. The van der Waals surface area contributed by atoms with Gasteiger partial charge < -0.3 is 10.3 Å². The van der Waals surface area contributed by atoms with Crippen molar-refractivity contribution in [1.82, 2.24) is 15.3 Å². The van der Waals surface area contributed by atoms with Gasteiger partial charge >= 0.3 is 0 Å². The first-order chi connectivity index (χ1) is 12.8. The quantitative estimate of drug-likeness (QED) is 0.497. The smallest absolute Gasteiger partial charge is 0.125 e. The van der Waals surface area contributed by atoms with Gasteiger partial charge in [0.25, 0.3) is 0 Å². The van der Waals surface area contributed by atoms with E-state index < -0.39 is 0 Å². The Kier molecular flexibility index (Phi) is 4.75. The van der Waals surface area contributed by atoms with E-state index in [-0.39, 0.29) is 5.82 Å². The average Bonchev–Trinajstić information content (AvgIpc) is 3.08. The largest absolute Gasteiger partial charge is 0.361 e. The lowest BCUT2D eigenvalue weighted by Gasteiger charge is -2.07. The summed E-state index contributed by atoms with van der Waals surface area (Å²) in [5, 5.41) is 4.59. The van der Waals surface area contributed by atoms with Gasteiger partial charge in [0, 0.05) is 36.0 Å². The maximum Gasteiger partial charge on any atom is 0.125 e. The second kappa shape index (κ2) is 7.50. The number of aromatic amines is 1. The molecule has 0 radical (unpaired) electrons. The van der Waals surface area contributed by atoms with Gasteiger partial charge in [0.2, 0.25) is 0 Å². The van der Waals surface area contributed by atoms with E-state index in [1.165, 1.54) is 34.4 Å². The highest BCUT2D eigenvalue weighted by atomic mass is 19.1. The van der Waals surface area contributed by atoms with Crippen molar-refractivity contribution in [1.29, 1.82) is 0 Å². The normalized spacial score (nSPS) is 11.1. The molecule has 0 atom stereocenters. The van der Waals surface area contributed by atoms with Gasteiger partial charge in [-0.1, -0.05) is 18.2 Å². The molecular formula is C22H20FN3. The van der Waals surface area contributed by atoms with E-state index >= 15 is 0 Å². The van der Waals surface area contributed by atoms with Crippen LogP contribution in [-0.2, 0) is 13.0 Å². The molecule has 0 fully saturated rings. The molecule has 0 amide bonds. The summed E-state index contributed by atoms with van der Waals surface area (Å²) in [6.45, 7) is 1.68. The highest BCUT2D eigenvalue weighted by Gasteiger charge is 2.04. The highest BCUT2D eigenvalue weighted by Crippen LogP contribution is 2.20. The summed E-state index contributed by atoms with van der Waals surface area (Å²) in [7, 11) is 0. The number of aromatic nitrogens is 2. The summed E-state index contributed by atoms with van der Waals surface area (Å²) in [5.74, 6) is -0.210. The Bertz CT molecular complexity index is 1010.